The van der Waals surface area contributed by atoms with Gasteiger partial charge in [0.25, 0.3) is 5.91 Å². The Morgan fingerprint density at radius 2 is 2.20 bits per heavy atom. The van der Waals surface area contributed by atoms with E-state index in [2.05, 4.69) is 9.97 Å². The molecule has 1 aromatic rings. The lowest BCUT2D eigenvalue weighted by atomic mass is 10.3. The number of hydrogen-bond donors (Lipinski definition) is 1. The third-order valence-electron chi connectivity index (χ3n) is 1.65. The van der Waals surface area contributed by atoms with Gasteiger partial charge in [0.05, 0.1) is 0 Å². The largest absolute Gasteiger partial charge is 0.408 e. The van der Waals surface area contributed by atoms with Crippen LogP contribution < -0.4 is 5.32 Å². The van der Waals surface area contributed by atoms with Gasteiger partial charge in [0.1, 0.15) is 18.1 Å². The first-order valence-corrected chi connectivity index (χ1v) is 4.05. The lowest BCUT2D eigenvalue weighted by Gasteiger charge is -2.16. The molecule has 0 radical (unpaired) electrons. The monoisotopic (exact) mass is 219 g/mol. The number of carbonyl (C=O) groups excluding carboxylic acids is 1. The standard InChI is InChI=1S/C8H8F3N3O/c1-5(8(9,10)11)14-7(15)6-2-3-12-4-13-6/h2-5H,1H3,(H,14,15). The van der Waals surface area contributed by atoms with Crippen molar-refractivity contribution in [2.75, 3.05) is 0 Å². The molecule has 0 spiro atoms. The number of aromatic nitrogens is 2. The van der Waals surface area contributed by atoms with Crippen LogP contribution in [0.5, 0.6) is 0 Å². The van der Waals surface area contributed by atoms with Gasteiger partial charge in [-0.2, -0.15) is 13.2 Å². The number of carbonyl (C=O) groups is 1. The summed E-state index contributed by atoms with van der Waals surface area (Å²) in [5, 5.41) is 1.78. The predicted molar refractivity (Wildman–Crippen MR) is 45.0 cm³/mol. The molecular weight excluding hydrogens is 211 g/mol. The van der Waals surface area contributed by atoms with E-state index in [0.29, 0.717) is 0 Å². The van der Waals surface area contributed by atoms with Gasteiger partial charge in [0, 0.05) is 6.20 Å². The highest BCUT2D eigenvalue weighted by molar-refractivity contribution is 5.92. The maximum absolute atomic E-state index is 12.1. The van der Waals surface area contributed by atoms with Crippen molar-refractivity contribution in [2.24, 2.45) is 0 Å². The van der Waals surface area contributed by atoms with Crippen molar-refractivity contribution in [1.82, 2.24) is 15.3 Å². The maximum atomic E-state index is 12.1. The summed E-state index contributed by atoms with van der Waals surface area (Å²) in [6.45, 7) is 0.860. The minimum Gasteiger partial charge on any atom is -0.339 e. The van der Waals surface area contributed by atoms with Gasteiger partial charge in [0.2, 0.25) is 0 Å². The van der Waals surface area contributed by atoms with Crippen LogP contribution in [0.4, 0.5) is 13.2 Å². The van der Waals surface area contributed by atoms with Crippen molar-refractivity contribution in [1.29, 1.82) is 0 Å². The van der Waals surface area contributed by atoms with Crippen LogP contribution >= 0.6 is 0 Å². The topological polar surface area (TPSA) is 54.9 Å². The average Bonchev–Trinajstić information content (AvgIpc) is 2.17. The number of amides is 1. The Bertz CT molecular complexity index is 339. The quantitative estimate of drug-likeness (QED) is 0.811. The Kier molecular flexibility index (Phi) is 3.23. The molecule has 7 heteroatoms. The molecule has 82 valence electrons. The van der Waals surface area contributed by atoms with Crippen LogP contribution in [0.15, 0.2) is 18.6 Å². The summed E-state index contributed by atoms with van der Waals surface area (Å²) in [6, 6.07) is -0.668. The number of nitrogens with zero attached hydrogens (tertiary/aromatic N) is 2. The van der Waals surface area contributed by atoms with Crippen LogP contribution in [0.25, 0.3) is 0 Å². The molecule has 4 nitrogen and oxygen atoms in total. The summed E-state index contributed by atoms with van der Waals surface area (Å²) < 4.78 is 36.2. The molecular formula is C8H8F3N3O. The van der Waals surface area contributed by atoms with Gasteiger partial charge in [-0.3, -0.25) is 4.79 Å². The van der Waals surface area contributed by atoms with Crippen molar-refractivity contribution in [3.05, 3.63) is 24.3 Å². The highest BCUT2D eigenvalue weighted by Crippen LogP contribution is 2.19. The fraction of sp³-hybridized carbons (Fsp3) is 0.375. The number of hydrogen-bond acceptors (Lipinski definition) is 3. The first-order valence-electron chi connectivity index (χ1n) is 4.05. The lowest BCUT2D eigenvalue weighted by Crippen LogP contribution is -2.43. The molecule has 0 aliphatic carbocycles. The zero-order valence-corrected chi connectivity index (χ0v) is 7.75. The van der Waals surface area contributed by atoms with Crippen molar-refractivity contribution in [3.63, 3.8) is 0 Å². The number of halogens is 3. The van der Waals surface area contributed by atoms with E-state index in [-0.39, 0.29) is 5.69 Å². The number of rotatable bonds is 2. The van der Waals surface area contributed by atoms with Crippen molar-refractivity contribution < 1.29 is 18.0 Å². The highest BCUT2D eigenvalue weighted by Gasteiger charge is 2.37. The fourth-order valence-electron chi connectivity index (χ4n) is 0.777. The SMILES string of the molecule is CC(NC(=O)c1ccncn1)C(F)(F)F. The first-order chi connectivity index (χ1) is 6.91. The Labute approximate surface area is 83.5 Å². The molecule has 1 unspecified atom stereocenters. The second kappa shape index (κ2) is 4.24. The average molecular weight is 219 g/mol. The summed E-state index contributed by atoms with van der Waals surface area (Å²) in [5.74, 6) is -0.873. The van der Waals surface area contributed by atoms with Gasteiger partial charge in [-0.25, -0.2) is 9.97 Å². The highest BCUT2D eigenvalue weighted by atomic mass is 19.4. The van der Waals surface area contributed by atoms with Crippen LogP contribution in [0, 0.1) is 0 Å². The molecule has 0 saturated heterocycles. The van der Waals surface area contributed by atoms with Gasteiger partial charge < -0.3 is 5.32 Å². The molecule has 0 aliphatic rings. The predicted octanol–water partition coefficient (Wildman–Crippen LogP) is 1.16. The second-order valence-corrected chi connectivity index (χ2v) is 2.83. The summed E-state index contributed by atoms with van der Waals surface area (Å²) in [6.07, 6.45) is -2.09. The summed E-state index contributed by atoms with van der Waals surface area (Å²) in [4.78, 5) is 18.3. The van der Waals surface area contributed by atoms with Crippen LogP contribution in [0.1, 0.15) is 17.4 Å². The molecule has 0 aromatic carbocycles. The van der Waals surface area contributed by atoms with E-state index in [1.807, 2.05) is 0 Å². The van der Waals surface area contributed by atoms with Crippen LogP contribution in [-0.2, 0) is 0 Å². The zero-order chi connectivity index (χ0) is 11.5. The summed E-state index contributed by atoms with van der Waals surface area (Å²) >= 11 is 0. The minimum atomic E-state index is -4.46. The third-order valence-corrected chi connectivity index (χ3v) is 1.65. The van der Waals surface area contributed by atoms with Crippen molar-refractivity contribution >= 4 is 5.91 Å². The molecule has 0 bridgehead atoms. The van der Waals surface area contributed by atoms with Gasteiger partial charge >= 0.3 is 6.18 Å². The Hall–Kier alpha value is -1.66. The van der Waals surface area contributed by atoms with E-state index in [9.17, 15) is 18.0 Å². The van der Waals surface area contributed by atoms with Crippen LogP contribution in [-0.4, -0.2) is 28.1 Å². The molecule has 1 amide bonds. The number of nitrogens with one attached hydrogen (secondary N) is 1. The number of alkyl halides is 3. The molecule has 1 rings (SSSR count). The van der Waals surface area contributed by atoms with Crippen LogP contribution in [0.2, 0.25) is 0 Å². The van der Waals surface area contributed by atoms with Crippen LogP contribution in [0.3, 0.4) is 0 Å². The van der Waals surface area contributed by atoms with E-state index in [0.717, 1.165) is 13.3 Å². The zero-order valence-electron chi connectivity index (χ0n) is 7.75. The molecule has 15 heavy (non-hydrogen) atoms. The molecule has 1 aromatic heterocycles. The minimum absolute atomic E-state index is 0.0962. The molecule has 1 heterocycles. The molecule has 1 atom stereocenters. The van der Waals surface area contributed by atoms with Gasteiger partial charge in [0.15, 0.2) is 0 Å². The van der Waals surface area contributed by atoms with E-state index >= 15 is 0 Å². The molecule has 0 fully saturated rings. The molecule has 0 saturated carbocycles. The van der Waals surface area contributed by atoms with Gasteiger partial charge in [-0.05, 0) is 13.0 Å². The van der Waals surface area contributed by atoms with E-state index in [1.165, 1.54) is 12.3 Å². The second-order valence-electron chi connectivity index (χ2n) is 2.83. The smallest absolute Gasteiger partial charge is 0.339 e. The normalized spacial score (nSPS) is 13.3. The molecule has 1 N–H and O–H groups in total. The maximum Gasteiger partial charge on any atom is 0.408 e. The molecule has 0 aliphatic heterocycles. The summed E-state index contributed by atoms with van der Waals surface area (Å²) in [7, 11) is 0. The Morgan fingerprint density at radius 1 is 1.53 bits per heavy atom. The van der Waals surface area contributed by atoms with Crippen molar-refractivity contribution in [3.8, 4) is 0 Å². The Balaban J connectivity index is 2.65. The van der Waals surface area contributed by atoms with Gasteiger partial charge in [-0.15, -0.1) is 0 Å². The Morgan fingerprint density at radius 3 is 2.67 bits per heavy atom. The van der Waals surface area contributed by atoms with Gasteiger partial charge in [-0.1, -0.05) is 0 Å². The van der Waals surface area contributed by atoms with Crippen molar-refractivity contribution in [2.45, 2.75) is 19.1 Å². The lowest BCUT2D eigenvalue weighted by molar-refractivity contribution is -0.149. The van der Waals surface area contributed by atoms with E-state index in [4.69, 9.17) is 0 Å². The fourth-order valence-corrected chi connectivity index (χ4v) is 0.777. The third kappa shape index (κ3) is 3.19. The summed E-state index contributed by atoms with van der Waals surface area (Å²) in [5.41, 5.74) is -0.0962. The van der Waals surface area contributed by atoms with E-state index < -0.39 is 18.1 Å². The first kappa shape index (κ1) is 11.4. The van der Waals surface area contributed by atoms with E-state index in [1.54, 1.807) is 5.32 Å².